The molecular formula is C69H133N5O29. The number of Topliss-reactive ketones (excluding diaryl/α,β-unsaturated/α-hetero) is 2. The first kappa shape index (κ1) is 99.3. The Balaban J connectivity index is 5.18. The first-order chi connectivity index (χ1) is 50.1. The predicted molar refractivity (Wildman–Crippen MR) is 375 cm³/mol. The number of nitrogens with zero attached hydrogens (tertiary/aromatic N) is 1. The average molecular weight is 1500 g/mol. The Morgan fingerprint density at radius 3 is 1.00 bits per heavy atom. The molecule has 0 saturated carbocycles. The summed E-state index contributed by atoms with van der Waals surface area (Å²) >= 11 is 0. The van der Waals surface area contributed by atoms with Crippen LogP contribution >= 0.6 is 0 Å². The monoisotopic (exact) mass is 1500 g/mol. The molecule has 608 valence electrons. The van der Waals surface area contributed by atoms with Gasteiger partial charge in [-0.2, -0.15) is 0 Å². The number of aliphatic hydroxyl groups is 2. The van der Waals surface area contributed by atoms with Crippen LogP contribution in [0.5, 0.6) is 0 Å². The van der Waals surface area contributed by atoms with E-state index < -0.39 is 23.9 Å². The minimum atomic E-state index is -1.32. The third kappa shape index (κ3) is 67.4. The smallest absolute Gasteiger partial charge is 0.243 e. The summed E-state index contributed by atoms with van der Waals surface area (Å²) in [5.74, 6) is -1.70. The van der Waals surface area contributed by atoms with Crippen LogP contribution in [0.1, 0.15) is 105 Å². The number of carbonyl (C=O) groups is 6. The van der Waals surface area contributed by atoms with Crippen molar-refractivity contribution >= 4 is 35.2 Å². The summed E-state index contributed by atoms with van der Waals surface area (Å²) in [4.78, 5) is 87.7. The van der Waals surface area contributed by atoms with Crippen LogP contribution in [0.15, 0.2) is 0 Å². The molecule has 0 saturated heterocycles. The van der Waals surface area contributed by atoms with Gasteiger partial charge in [-0.05, 0) is 37.5 Å². The van der Waals surface area contributed by atoms with Gasteiger partial charge in [0.1, 0.15) is 29.6 Å². The third-order valence-corrected chi connectivity index (χ3v) is 14.1. The Morgan fingerprint density at radius 1 is 0.311 bits per heavy atom. The van der Waals surface area contributed by atoms with Crippen molar-refractivity contribution in [1.29, 1.82) is 0 Å². The average Bonchev–Trinajstić information content (AvgIpc) is 0.866. The lowest BCUT2D eigenvalue weighted by molar-refractivity contribution is -0.319. The minimum absolute atomic E-state index is 0.00579. The zero-order valence-corrected chi connectivity index (χ0v) is 63.2. The number of hydroxylamine groups is 3. The lowest BCUT2D eigenvalue weighted by atomic mass is 10.0. The highest BCUT2D eigenvalue weighted by atomic mass is 16.7. The second kappa shape index (κ2) is 75.1. The molecule has 2 atom stereocenters. The number of aliphatic hydroxyl groups excluding tert-OH is 2. The van der Waals surface area contributed by atoms with E-state index in [1.807, 2.05) is 27.7 Å². The molecule has 4 amide bonds. The molecule has 0 bridgehead atoms. The van der Waals surface area contributed by atoms with E-state index in [9.17, 15) is 39.0 Å². The molecule has 0 spiro atoms. The lowest BCUT2D eigenvalue weighted by Gasteiger charge is -2.34. The number of nitrogens with one attached hydrogen (secondary N) is 4. The maximum Gasteiger partial charge on any atom is 0.243 e. The molecule has 103 heavy (non-hydrogen) atoms. The van der Waals surface area contributed by atoms with Gasteiger partial charge in [0.15, 0.2) is 0 Å². The molecule has 0 aromatic carbocycles. The van der Waals surface area contributed by atoms with Crippen molar-refractivity contribution in [3.63, 3.8) is 0 Å². The molecule has 0 heterocycles. The number of hydrogen-bond donors (Lipinski definition) is 6. The lowest BCUT2D eigenvalue weighted by Crippen LogP contribution is -2.59. The van der Waals surface area contributed by atoms with Crippen LogP contribution < -0.4 is 21.4 Å². The largest absolute Gasteiger partial charge is 0.382 e. The van der Waals surface area contributed by atoms with Crippen molar-refractivity contribution < 1.29 is 139 Å². The number of amides is 4. The van der Waals surface area contributed by atoms with Crippen LogP contribution in [0.2, 0.25) is 0 Å². The maximum absolute atomic E-state index is 13.7. The second-order valence-electron chi connectivity index (χ2n) is 24.0. The fourth-order valence-electron chi connectivity index (χ4n) is 8.39. The van der Waals surface area contributed by atoms with Crippen molar-refractivity contribution in [2.45, 2.75) is 123 Å². The molecule has 0 aliphatic rings. The molecule has 6 N–H and O–H groups in total. The molecule has 0 aromatic heterocycles. The Labute approximate surface area is 611 Å². The molecule has 0 aliphatic carbocycles. The fraction of sp³-hybridized carbons (Fsp3) is 0.913. The van der Waals surface area contributed by atoms with E-state index in [2.05, 4.69) is 21.4 Å². The van der Waals surface area contributed by atoms with Crippen LogP contribution in [-0.2, 0) is 128 Å². The fourth-order valence-corrected chi connectivity index (χ4v) is 8.39. The van der Waals surface area contributed by atoms with Gasteiger partial charge in [0.05, 0.1) is 231 Å². The number of rotatable bonds is 83. The Morgan fingerprint density at radius 2 is 0.621 bits per heavy atom. The first-order valence-corrected chi connectivity index (χ1v) is 36.4. The maximum atomic E-state index is 13.7. The summed E-state index contributed by atoms with van der Waals surface area (Å²) in [7, 11) is 4.82. The van der Waals surface area contributed by atoms with E-state index in [0.29, 0.717) is 178 Å². The molecule has 0 rings (SSSR count). The third-order valence-electron chi connectivity index (χ3n) is 14.1. The van der Waals surface area contributed by atoms with Crippen LogP contribution in [0, 0.1) is 11.8 Å². The van der Waals surface area contributed by atoms with Crippen molar-refractivity contribution in [3.05, 3.63) is 0 Å². The van der Waals surface area contributed by atoms with Crippen LogP contribution in [0.3, 0.4) is 0 Å². The van der Waals surface area contributed by atoms with Gasteiger partial charge in [0.25, 0.3) is 0 Å². The molecule has 2 unspecified atom stereocenters. The zero-order valence-electron chi connectivity index (χ0n) is 63.2. The number of ketones is 2. The summed E-state index contributed by atoms with van der Waals surface area (Å²) in [5, 5.41) is 30.5. The van der Waals surface area contributed by atoms with Crippen molar-refractivity contribution in [3.8, 4) is 0 Å². The number of methoxy groups -OCH3 is 3. The van der Waals surface area contributed by atoms with Gasteiger partial charge < -0.3 is 116 Å². The van der Waals surface area contributed by atoms with Gasteiger partial charge in [0, 0.05) is 99.0 Å². The van der Waals surface area contributed by atoms with Crippen molar-refractivity contribution in [1.82, 2.24) is 26.5 Å². The van der Waals surface area contributed by atoms with E-state index in [0.717, 1.165) is 0 Å². The van der Waals surface area contributed by atoms with E-state index in [1.165, 1.54) is 5.06 Å². The Bertz CT molecular complexity index is 1830. The van der Waals surface area contributed by atoms with Crippen LogP contribution in [0.25, 0.3) is 0 Å². The Kier molecular flexibility index (Phi) is 72.4. The molecule has 0 fully saturated rings. The van der Waals surface area contributed by atoms with Crippen LogP contribution in [0.4, 0.5) is 0 Å². The standard InChI is InChI=1S/C69H133N5O29/c1-59(2)67(81)74(68(82)60(3)4)103-25-11-24-102-73-66(80)15-8-14-63(77)70-20-30-89-41-47-98-55-54-96-45-40-88-28-19-65(79)72-69(56-99-26-16-61(75)12-9-22-86-38-43-94-51-48-91-35-32-83-5,57-100-27-17-62(76)13-10-23-87-39-44-95-52-49-92-36-33-84-6)58-101-29-18-64(78)71-21-31-90-42-46-97-53-50-93-37-34-85-7/h59-60,67-68,81-82H,8-58H2,1-7H3,(H,70,77)(H,71,78)(H,72,79)(H,73,80). The molecule has 0 aliphatic heterocycles. The molecule has 34 nitrogen and oxygen atoms in total. The van der Waals surface area contributed by atoms with Crippen LogP contribution in [-0.4, -0.2) is 347 Å². The van der Waals surface area contributed by atoms with Crippen molar-refractivity contribution in [2.75, 3.05) is 279 Å². The zero-order chi connectivity index (χ0) is 75.6. The van der Waals surface area contributed by atoms with Gasteiger partial charge in [-0.15, -0.1) is 5.06 Å². The summed E-state index contributed by atoms with van der Waals surface area (Å²) in [5.41, 5.74) is 1.02. The number of ether oxygens (including phenoxy) is 19. The summed E-state index contributed by atoms with van der Waals surface area (Å²) < 4.78 is 105. The number of carbonyl (C=O) groups excluding carboxylic acids is 6. The van der Waals surface area contributed by atoms with Gasteiger partial charge in [-0.1, -0.05) is 27.7 Å². The summed E-state index contributed by atoms with van der Waals surface area (Å²) in [6.45, 7) is 18.5. The highest BCUT2D eigenvalue weighted by molar-refractivity contribution is 5.79. The van der Waals surface area contributed by atoms with E-state index in [-0.39, 0.29) is 198 Å². The summed E-state index contributed by atoms with van der Waals surface area (Å²) in [6.07, 6.45) is 0.645. The molecule has 0 aromatic rings. The molecule has 34 heteroatoms. The number of hydrogen-bond acceptors (Lipinski definition) is 30. The minimum Gasteiger partial charge on any atom is -0.382 e. The Hall–Kier alpha value is -3.74. The van der Waals surface area contributed by atoms with Gasteiger partial charge in [-0.3, -0.25) is 38.4 Å². The second-order valence-corrected chi connectivity index (χ2v) is 24.0. The summed E-state index contributed by atoms with van der Waals surface area (Å²) in [6, 6.07) is 0. The van der Waals surface area contributed by atoms with Gasteiger partial charge >= 0.3 is 0 Å². The highest BCUT2D eigenvalue weighted by Gasteiger charge is 2.34. The van der Waals surface area contributed by atoms with E-state index >= 15 is 0 Å². The normalized spacial score (nSPS) is 12.4. The first-order valence-electron chi connectivity index (χ1n) is 36.4. The highest BCUT2D eigenvalue weighted by Crippen LogP contribution is 2.17. The van der Waals surface area contributed by atoms with Gasteiger partial charge in [-0.25, -0.2) is 5.48 Å². The molecule has 0 radical (unpaired) electrons. The predicted octanol–water partition coefficient (Wildman–Crippen LogP) is 1.33. The quantitative estimate of drug-likeness (QED) is 0.0284. The van der Waals surface area contributed by atoms with Gasteiger partial charge in [0.2, 0.25) is 23.6 Å². The molecular weight excluding hydrogens is 1360 g/mol. The van der Waals surface area contributed by atoms with Crippen molar-refractivity contribution in [2.24, 2.45) is 11.8 Å². The topological polar surface area (TPSA) is 388 Å². The van der Waals surface area contributed by atoms with E-state index in [1.54, 1.807) is 21.3 Å². The SMILES string of the molecule is COCCOCCOCCOCCCC(=O)CCOCC(COCCC(=O)CCCOCCOCCOCCOC)(COCCC(=O)NCCOCCOCCOCCOC)NC(=O)CCOCCOCCOCCOCCNC(=O)CCCC(=O)NOCCCON(C(O)C(C)C)C(O)C(C)C. The van der Waals surface area contributed by atoms with E-state index in [4.69, 9.17) is 99.7 Å².